The van der Waals surface area contributed by atoms with Crippen LogP contribution >= 0.6 is 0 Å². The number of benzene rings is 1. The molecule has 0 saturated heterocycles. The van der Waals surface area contributed by atoms with Crippen molar-refractivity contribution < 1.29 is 27.3 Å². The maximum Gasteiger partial charge on any atom is 0.322 e. The Labute approximate surface area is 246 Å². The number of sulfonamides is 1. The highest BCUT2D eigenvalue weighted by molar-refractivity contribution is 7.99. The fourth-order valence-corrected chi connectivity index (χ4v) is 7.19. The Balaban J connectivity index is 2.10. The van der Waals surface area contributed by atoms with Gasteiger partial charge in [-0.1, -0.05) is 27.2 Å². The third-order valence-corrected chi connectivity index (χ3v) is 10.0. The predicted octanol–water partition coefficient (Wildman–Crippen LogP) is 2.58. The first-order valence-corrected chi connectivity index (χ1v) is 17.3. The van der Waals surface area contributed by atoms with E-state index in [1.165, 1.54) is 28.1 Å². The molecule has 0 radical (unpaired) electrons. The minimum atomic E-state index is -4.41. The maximum atomic E-state index is 13.4. The minimum Gasteiger partial charge on any atom is -0.493 e. The number of carboxylic acid groups (broad SMARTS) is 1. The van der Waals surface area contributed by atoms with Crippen LogP contribution in [0.5, 0.6) is 5.75 Å². The molecule has 0 saturated carbocycles. The first-order valence-electron chi connectivity index (χ1n) is 13.9. The Morgan fingerprint density at radius 3 is 2.50 bits per heavy atom. The predicted molar refractivity (Wildman–Crippen MR) is 163 cm³/mol. The number of hydrogen-bond donors (Lipinski definition) is 4. The highest BCUT2D eigenvalue weighted by Gasteiger charge is 2.27. The Bertz CT molecular complexity index is 1720. The molecule has 13 nitrogen and oxygen atoms in total. The standard InChI is InChI=1S/C27H40N6O7S2/c1-6-10-14-41(28,37)15-13-21(27(35)36)32-42(38,39)19-11-12-22(40-9-4)20(16-19)24-30-26(34)23-17(5)29-25(33(23)31-24)18(7-2)8-3/h11-12,15-16,18,21,32H,6-10,13-14H2,1-5H3,(H2,28,37)(H,35,36)(H,30,31,34). The van der Waals surface area contributed by atoms with Crippen molar-refractivity contribution in [3.05, 3.63) is 40.1 Å². The van der Waals surface area contributed by atoms with Crippen molar-refractivity contribution in [3.63, 3.8) is 0 Å². The molecule has 0 aliphatic rings. The largest absolute Gasteiger partial charge is 0.493 e. The number of rotatable bonds is 15. The Morgan fingerprint density at radius 1 is 1.21 bits per heavy atom. The van der Waals surface area contributed by atoms with Gasteiger partial charge in [-0.3, -0.25) is 18.9 Å². The molecular weight excluding hydrogens is 584 g/mol. The number of aryl methyl sites for hydroxylation is 1. The number of imidazole rings is 1. The number of hydrogen-bond acceptors (Lipinski definition) is 8. The number of nitrogens with one attached hydrogen (secondary N) is 2. The molecular formula is C27H40N6O7S2. The summed E-state index contributed by atoms with van der Waals surface area (Å²) in [5.74, 6) is -0.283. The van der Waals surface area contributed by atoms with Crippen LogP contribution in [0.3, 0.4) is 0 Å². The van der Waals surface area contributed by atoms with E-state index in [-0.39, 0.29) is 46.7 Å². The molecule has 0 fully saturated rings. The molecule has 2 aromatic heterocycles. The van der Waals surface area contributed by atoms with Gasteiger partial charge in [0, 0.05) is 27.8 Å². The topological polar surface area (TPSA) is 199 Å². The molecule has 3 aromatic rings. The van der Waals surface area contributed by atoms with Gasteiger partial charge in [-0.15, -0.1) is 5.10 Å². The SMILES string of the molecule is CCCCS(N)(=O)=CCC(NS(=O)(=O)c1ccc(OCC)c(-c2nn3c(C(CC)CC)nc(C)c3c(=O)[nH]2)c1)C(=O)O. The zero-order valence-corrected chi connectivity index (χ0v) is 26.2. The van der Waals surface area contributed by atoms with Gasteiger partial charge in [-0.05, 0) is 56.7 Å². The highest BCUT2D eigenvalue weighted by atomic mass is 32.2. The summed E-state index contributed by atoms with van der Waals surface area (Å²) in [6.07, 6.45) is 2.53. The summed E-state index contributed by atoms with van der Waals surface area (Å²) in [5, 5.41) is 21.3. The van der Waals surface area contributed by atoms with Gasteiger partial charge >= 0.3 is 5.97 Å². The van der Waals surface area contributed by atoms with E-state index in [2.05, 4.69) is 19.8 Å². The lowest BCUT2D eigenvalue weighted by molar-refractivity contribution is -0.138. The number of nitrogens with two attached hydrogens (primary N) is 1. The molecule has 2 atom stereocenters. The van der Waals surface area contributed by atoms with Crippen molar-refractivity contribution in [2.75, 3.05) is 12.4 Å². The first-order chi connectivity index (χ1) is 19.8. The summed E-state index contributed by atoms with van der Waals surface area (Å²) in [7, 11) is -7.33. The quantitative estimate of drug-likeness (QED) is 0.184. The fraction of sp³-hybridized carbons (Fsp3) is 0.519. The number of carboxylic acids is 1. The number of unbranched alkanes of at least 4 members (excludes halogenated alkanes) is 1. The second-order valence-corrected chi connectivity index (χ2v) is 14.0. The third kappa shape index (κ3) is 7.56. The van der Waals surface area contributed by atoms with Crippen molar-refractivity contribution in [1.82, 2.24) is 24.3 Å². The lowest BCUT2D eigenvalue weighted by Crippen LogP contribution is -2.41. The highest BCUT2D eigenvalue weighted by Crippen LogP contribution is 2.31. The molecule has 42 heavy (non-hydrogen) atoms. The molecule has 0 spiro atoms. The second-order valence-electron chi connectivity index (χ2n) is 9.97. The number of aromatic nitrogens is 4. The van der Waals surface area contributed by atoms with Crippen molar-refractivity contribution in [2.45, 2.75) is 83.6 Å². The zero-order chi connectivity index (χ0) is 31.2. The summed E-state index contributed by atoms with van der Waals surface area (Å²) in [5.41, 5.74) is 0.546. The normalized spacial score (nSPS) is 14.2. The lowest BCUT2D eigenvalue weighted by Gasteiger charge is -2.16. The molecule has 2 heterocycles. The maximum absolute atomic E-state index is 13.4. The summed E-state index contributed by atoms with van der Waals surface area (Å²) < 4.78 is 48.6. The van der Waals surface area contributed by atoms with Gasteiger partial charge in [0.2, 0.25) is 10.0 Å². The minimum absolute atomic E-state index is 0.0468. The van der Waals surface area contributed by atoms with Crippen LogP contribution in [0.15, 0.2) is 27.9 Å². The van der Waals surface area contributed by atoms with Crippen LogP contribution < -0.4 is 20.2 Å². The van der Waals surface area contributed by atoms with Gasteiger partial charge in [0.15, 0.2) is 11.3 Å². The molecule has 5 N–H and O–H groups in total. The van der Waals surface area contributed by atoms with E-state index in [1.807, 2.05) is 20.8 Å². The van der Waals surface area contributed by atoms with Crippen LogP contribution in [0, 0.1) is 6.92 Å². The molecule has 2 unspecified atom stereocenters. The Morgan fingerprint density at radius 2 is 1.90 bits per heavy atom. The van der Waals surface area contributed by atoms with Crippen LogP contribution in [0.4, 0.5) is 0 Å². The Kier molecular flexibility index (Phi) is 10.9. The van der Waals surface area contributed by atoms with E-state index < -0.39 is 37.3 Å². The van der Waals surface area contributed by atoms with Crippen LogP contribution in [-0.4, -0.2) is 67.1 Å². The second kappa shape index (κ2) is 13.8. The molecule has 0 bridgehead atoms. The van der Waals surface area contributed by atoms with E-state index in [0.29, 0.717) is 23.5 Å². The number of carbonyl (C=O) groups is 1. The van der Waals surface area contributed by atoms with Gasteiger partial charge in [0.25, 0.3) is 5.56 Å². The van der Waals surface area contributed by atoms with Crippen molar-refractivity contribution in [1.29, 1.82) is 0 Å². The number of aromatic amines is 1. The number of fused-ring (bicyclic) bond motifs is 1. The van der Waals surface area contributed by atoms with Gasteiger partial charge in [0.05, 0.1) is 22.8 Å². The molecule has 1 aromatic carbocycles. The van der Waals surface area contributed by atoms with Crippen molar-refractivity contribution in [3.8, 4) is 17.1 Å². The van der Waals surface area contributed by atoms with Crippen LogP contribution in [-0.2, 0) is 24.5 Å². The molecule has 0 aliphatic heterocycles. The molecule has 15 heteroatoms. The van der Waals surface area contributed by atoms with Crippen molar-refractivity contribution >= 4 is 36.6 Å². The van der Waals surface area contributed by atoms with Gasteiger partial charge in [-0.2, -0.15) is 4.72 Å². The van der Waals surface area contributed by atoms with E-state index in [1.54, 1.807) is 13.8 Å². The number of nitrogens with zero attached hydrogens (tertiary/aromatic N) is 3. The number of aliphatic carboxylic acids is 1. The summed E-state index contributed by atoms with van der Waals surface area (Å²) >= 11 is 0. The molecule has 3 rings (SSSR count). The van der Waals surface area contributed by atoms with Crippen LogP contribution in [0.25, 0.3) is 16.9 Å². The average Bonchev–Trinajstić information content (AvgIpc) is 3.27. The molecule has 232 valence electrons. The van der Waals surface area contributed by atoms with Gasteiger partial charge in [0.1, 0.15) is 17.6 Å². The van der Waals surface area contributed by atoms with E-state index in [0.717, 1.165) is 19.3 Å². The monoisotopic (exact) mass is 624 g/mol. The number of H-pyrrole nitrogens is 1. The van der Waals surface area contributed by atoms with Crippen LogP contribution in [0.1, 0.15) is 77.2 Å². The van der Waals surface area contributed by atoms with Crippen molar-refractivity contribution in [2.24, 2.45) is 5.14 Å². The fourth-order valence-electron chi connectivity index (χ4n) is 4.54. The smallest absolute Gasteiger partial charge is 0.322 e. The molecule has 0 aliphatic carbocycles. The van der Waals surface area contributed by atoms with Gasteiger partial charge in [-0.25, -0.2) is 17.9 Å². The van der Waals surface area contributed by atoms with Gasteiger partial charge < -0.3 is 14.8 Å². The van der Waals surface area contributed by atoms with E-state index >= 15 is 0 Å². The summed E-state index contributed by atoms with van der Waals surface area (Å²) in [6.45, 7) is 9.68. The van der Waals surface area contributed by atoms with E-state index in [4.69, 9.17) is 9.88 Å². The first kappa shape index (κ1) is 33.2. The lowest BCUT2D eigenvalue weighted by atomic mass is 10.0. The van der Waals surface area contributed by atoms with E-state index in [9.17, 15) is 27.3 Å². The summed E-state index contributed by atoms with van der Waals surface area (Å²) in [6, 6.07) is 2.33. The zero-order valence-electron chi connectivity index (χ0n) is 24.5. The number of ether oxygens (including phenoxy) is 1. The van der Waals surface area contributed by atoms with Crippen LogP contribution in [0.2, 0.25) is 0 Å². The summed E-state index contributed by atoms with van der Waals surface area (Å²) in [4.78, 5) is 32.1. The third-order valence-electron chi connectivity index (χ3n) is 6.89. The average molecular weight is 625 g/mol. The Hall–Kier alpha value is -3.27. The molecule has 0 amide bonds.